The van der Waals surface area contributed by atoms with Crippen LogP contribution >= 0.6 is 0 Å². The van der Waals surface area contributed by atoms with Crippen LogP contribution in [0.15, 0.2) is 34.9 Å². The van der Waals surface area contributed by atoms with Crippen LogP contribution in [-0.2, 0) is 0 Å². The van der Waals surface area contributed by atoms with Crippen molar-refractivity contribution in [2.24, 2.45) is 0 Å². The second-order valence-corrected chi connectivity index (χ2v) is 5.08. The third-order valence-electron chi connectivity index (χ3n) is 3.39. The Morgan fingerprint density at radius 3 is 2.86 bits per heavy atom. The second kappa shape index (κ2) is 4.05. The van der Waals surface area contributed by atoms with Gasteiger partial charge in [-0.1, -0.05) is 6.07 Å². The maximum Gasteiger partial charge on any atom is 0.240 e. The van der Waals surface area contributed by atoms with Crippen molar-refractivity contribution < 1.29 is 4.42 Å². The third-order valence-corrected chi connectivity index (χ3v) is 3.39. The minimum absolute atomic E-state index is 0.262. The van der Waals surface area contributed by atoms with Gasteiger partial charge in [0.1, 0.15) is 5.52 Å². The van der Waals surface area contributed by atoms with E-state index in [2.05, 4.69) is 21.1 Å². The summed E-state index contributed by atoms with van der Waals surface area (Å²) in [5.74, 6) is 0.918. The quantitative estimate of drug-likeness (QED) is 0.579. The molecular formula is C15H13N5O. The van der Waals surface area contributed by atoms with Gasteiger partial charge in [0.2, 0.25) is 5.95 Å². The number of pyridine rings is 1. The monoisotopic (exact) mass is 279 g/mol. The maximum atomic E-state index is 5.71. The highest BCUT2D eigenvalue weighted by Gasteiger charge is 2.11. The van der Waals surface area contributed by atoms with Crippen molar-refractivity contribution >= 4 is 22.7 Å². The molecule has 0 unspecified atom stereocenters. The first-order valence-electron chi connectivity index (χ1n) is 6.60. The molecule has 0 bridgehead atoms. The number of aryl methyl sites for hydroxylation is 2. The Morgan fingerprint density at radius 2 is 2.00 bits per heavy atom. The van der Waals surface area contributed by atoms with Crippen molar-refractivity contribution in [1.29, 1.82) is 0 Å². The van der Waals surface area contributed by atoms with E-state index in [-0.39, 0.29) is 5.95 Å². The molecule has 3 heterocycles. The van der Waals surface area contributed by atoms with Gasteiger partial charge in [0.25, 0.3) is 0 Å². The summed E-state index contributed by atoms with van der Waals surface area (Å²) in [5.41, 5.74) is 11.1. The zero-order valence-corrected chi connectivity index (χ0v) is 11.7. The summed E-state index contributed by atoms with van der Waals surface area (Å²) in [6, 6.07) is 7.98. The fourth-order valence-corrected chi connectivity index (χ4v) is 2.56. The first kappa shape index (κ1) is 11.9. The molecule has 1 aromatic carbocycles. The normalized spacial score (nSPS) is 11.5. The average Bonchev–Trinajstić information content (AvgIpc) is 2.97. The van der Waals surface area contributed by atoms with Crippen LogP contribution < -0.4 is 5.73 Å². The Kier molecular flexibility index (Phi) is 2.29. The number of fused-ring (bicyclic) bond motifs is 2. The lowest BCUT2D eigenvalue weighted by Crippen LogP contribution is -1.92. The van der Waals surface area contributed by atoms with E-state index in [4.69, 9.17) is 10.2 Å². The van der Waals surface area contributed by atoms with Gasteiger partial charge in [-0.3, -0.25) is 0 Å². The molecule has 4 aromatic rings. The predicted octanol–water partition coefficient (Wildman–Crippen LogP) is 2.74. The summed E-state index contributed by atoms with van der Waals surface area (Å²) in [5, 5.41) is 4.17. The Bertz CT molecular complexity index is 982. The van der Waals surface area contributed by atoms with Gasteiger partial charge >= 0.3 is 0 Å². The summed E-state index contributed by atoms with van der Waals surface area (Å²) in [7, 11) is 0. The average molecular weight is 279 g/mol. The lowest BCUT2D eigenvalue weighted by atomic mass is 10.1. The second-order valence-electron chi connectivity index (χ2n) is 5.08. The number of hydrogen-bond donors (Lipinski definition) is 1. The van der Waals surface area contributed by atoms with E-state index < -0.39 is 0 Å². The molecule has 0 aliphatic heterocycles. The summed E-state index contributed by atoms with van der Waals surface area (Å²) in [6.07, 6.45) is 1.90. The molecule has 21 heavy (non-hydrogen) atoms. The van der Waals surface area contributed by atoms with Crippen LogP contribution in [0.5, 0.6) is 0 Å². The molecule has 4 rings (SSSR count). The van der Waals surface area contributed by atoms with Crippen molar-refractivity contribution in [2.45, 2.75) is 13.8 Å². The molecule has 6 nitrogen and oxygen atoms in total. The molecule has 0 aliphatic rings. The van der Waals surface area contributed by atoms with Gasteiger partial charge in [0.05, 0.1) is 0 Å². The standard InChI is InChI=1S/C15H13N5O/c1-8-5-11(14-18-15(16)19-20(14)7-8)10-3-4-12-13(6-10)21-9(2)17-12/h3-7H,1-2H3,(H2,16,19). The summed E-state index contributed by atoms with van der Waals surface area (Å²) >= 11 is 0. The Balaban J connectivity index is 2.02. The Labute approximate surface area is 120 Å². The molecule has 0 radical (unpaired) electrons. The predicted molar refractivity (Wildman–Crippen MR) is 79.9 cm³/mol. The minimum atomic E-state index is 0.262. The number of nitrogens with zero attached hydrogens (tertiary/aromatic N) is 4. The van der Waals surface area contributed by atoms with E-state index in [1.54, 1.807) is 4.52 Å². The van der Waals surface area contributed by atoms with Crippen LogP contribution in [0.4, 0.5) is 5.95 Å². The van der Waals surface area contributed by atoms with E-state index >= 15 is 0 Å². The number of nitrogen functional groups attached to an aromatic ring is 1. The highest BCUT2D eigenvalue weighted by atomic mass is 16.3. The molecule has 0 saturated carbocycles. The lowest BCUT2D eigenvalue weighted by molar-refractivity contribution is 0.561. The van der Waals surface area contributed by atoms with Crippen molar-refractivity contribution in [3.63, 3.8) is 0 Å². The summed E-state index contributed by atoms with van der Waals surface area (Å²) < 4.78 is 7.30. The maximum absolute atomic E-state index is 5.71. The molecule has 6 heteroatoms. The van der Waals surface area contributed by atoms with Gasteiger partial charge in [0, 0.05) is 18.7 Å². The van der Waals surface area contributed by atoms with Crippen molar-refractivity contribution in [1.82, 2.24) is 19.6 Å². The smallest absolute Gasteiger partial charge is 0.240 e. The van der Waals surface area contributed by atoms with Gasteiger partial charge < -0.3 is 10.2 Å². The van der Waals surface area contributed by atoms with Gasteiger partial charge in [-0.2, -0.15) is 4.98 Å². The van der Waals surface area contributed by atoms with Gasteiger partial charge in [-0.05, 0) is 36.2 Å². The number of nitrogens with two attached hydrogens (primary N) is 1. The summed E-state index contributed by atoms with van der Waals surface area (Å²) in [6.45, 7) is 3.85. The zero-order chi connectivity index (χ0) is 14.6. The number of oxazole rings is 1. The molecule has 104 valence electrons. The highest BCUT2D eigenvalue weighted by molar-refractivity contribution is 5.85. The Morgan fingerprint density at radius 1 is 1.14 bits per heavy atom. The van der Waals surface area contributed by atoms with E-state index in [9.17, 15) is 0 Å². The molecule has 0 aliphatic carbocycles. The van der Waals surface area contributed by atoms with E-state index in [1.165, 1.54) is 0 Å². The molecule has 0 amide bonds. The SMILES string of the molecule is Cc1cc(-c2ccc3nc(C)oc3c2)c2nc(N)nn2c1. The van der Waals surface area contributed by atoms with Crippen LogP contribution in [0.3, 0.4) is 0 Å². The number of rotatable bonds is 1. The molecular weight excluding hydrogens is 266 g/mol. The topological polar surface area (TPSA) is 82.2 Å². The van der Waals surface area contributed by atoms with Crippen molar-refractivity contribution in [2.75, 3.05) is 5.73 Å². The van der Waals surface area contributed by atoms with Crippen molar-refractivity contribution in [3.8, 4) is 11.1 Å². The fraction of sp³-hybridized carbons (Fsp3) is 0.133. The number of aromatic nitrogens is 4. The molecule has 0 spiro atoms. The van der Waals surface area contributed by atoms with Crippen LogP contribution in [0.2, 0.25) is 0 Å². The molecule has 3 aromatic heterocycles. The lowest BCUT2D eigenvalue weighted by Gasteiger charge is -2.04. The molecule has 0 atom stereocenters. The molecule has 2 N–H and O–H groups in total. The van der Waals surface area contributed by atoms with Crippen LogP contribution in [0, 0.1) is 13.8 Å². The van der Waals surface area contributed by atoms with Gasteiger partial charge in [-0.25, -0.2) is 9.50 Å². The van der Waals surface area contributed by atoms with Crippen LogP contribution in [0.1, 0.15) is 11.5 Å². The fourth-order valence-electron chi connectivity index (χ4n) is 2.56. The van der Waals surface area contributed by atoms with E-state index in [0.29, 0.717) is 5.89 Å². The highest BCUT2D eigenvalue weighted by Crippen LogP contribution is 2.28. The first-order chi connectivity index (χ1) is 10.1. The largest absolute Gasteiger partial charge is 0.441 e. The van der Waals surface area contributed by atoms with Crippen LogP contribution in [-0.4, -0.2) is 19.6 Å². The van der Waals surface area contributed by atoms with E-state index in [1.807, 2.05) is 38.2 Å². The first-order valence-corrected chi connectivity index (χ1v) is 6.60. The minimum Gasteiger partial charge on any atom is -0.441 e. The number of anilines is 1. The number of benzene rings is 1. The zero-order valence-electron chi connectivity index (χ0n) is 11.7. The van der Waals surface area contributed by atoms with Crippen molar-refractivity contribution in [3.05, 3.63) is 41.9 Å². The molecule has 0 fully saturated rings. The van der Waals surface area contributed by atoms with Gasteiger partial charge in [-0.15, -0.1) is 5.10 Å². The Hall–Kier alpha value is -2.89. The third kappa shape index (κ3) is 1.84. The van der Waals surface area contributed by atoms with Crippen LogP contribution in [0.25, 0.3) is 27.9 Å². The summed E-state index contributed by atoms with van der Waals surface area (Å²) in [4.78, 5) is 8.61. The van der Waals surface area contributed by atoms with Gasteiger partial charge in [0.15, 0.2) is 17.1 Å². The molecule has 0 saturated heterocycles. The number of hydrogen-bond acceptors (Lipinski definition) is 5. The van der Waals surface area contributed by atoms with E-state index in [0.717, 1.165) is 33.4 Å².